The van der Waals surface area contributed by atoms with Crippen molar-refractivity contribution in [1.82, 2.24) is 40.8 Å². The number of benzene rings is 3. The lowest BCUT2D eigenvalue weighted by atomic mass is 9.76. The van der Waals surface area contributed by atoms with Gasteiger partial charge in [0.25, 0.3) is 0 Å². The summed E-state index contributed by atoms with van der Waals surface area (Å²) in [7, 11) is 2.54. The van der Waals surface area contributed by atoms with Crippen molar-refractivity contribution in [2.75, 3.05) is 33.9 Å². The Balaban J connectivity index is 0.000000981. The van der Waals surface area contributed by atoms with Gasteiger partial charge >= 0.3 is 12.2 Å². The van der Waals surface area contributed by atoms with Gasteiger partial charge in [0, 0.05) is 17.8 Å². The third-order valence-corrected chi connectivity index (χ3v) is 11.1. The van der Waals surface area contributed by atoms with Crippen LogP contribution in [0.25, 0.3) is 44.5 Å². The number of nitrogens with zero attached hydrogens (tertiary/aromatic N) is 3. The molecule has 0 spiro atoms. The largest absolute Gasteiger partial charge is 0.453 e. The molecule has 2 aromatic heterocycles. The lowest BCUT2D eigenvalue weighted by Crippen LogP contribution is -2.53. The second-order valence-corrected chi connectivity index (χ2v) is 15.9. The normalized spacial score (nSPS) is 15.9. The summed E-state index contributed by atoms with van der Waals surface area (Å²) < 4.78 is 9.19. The van der Waals surface area contributed by atoms with Crippen LogP contribution in [-0.4, -0.2) is 82.7 Å². The van der Waals surface area contributed by atoms with Gasteiger partial charge in [-0.25, -0.2) is 19.6 Å². The first-order valence-corrected chi connectivity index (χ1v) is 21.6. The number of methoxy groups -OCH3 is 2. The number of hydrogen-bond acceptors (Lipinski definition) is 8. The van der Waals surface area contributed by atoms with Gasteiger partial charge in [-0.1, -0.05) is 89.1 Å². The number of fused-ring (bicyclic) bond motifs is 4. The molecular weight excluding hydrogens is 773 g/mol. The summed E-state index contributed by atoms with van der Waals surface area (Å²) >= 11 is 0. The second kappa shape index (κ2) is 20.4. The molecule has 3 aliphatic rings. The molecule has 5 aromatic rings. The molecule has 0 radical (unpaired) electrons. The number of nitrogens with one attached hydrogen (secondary N) is 5. The van der Waals surface area contributed by atoms with Crippen LogP contribution in [0.2, 0.25) is 0 Å². The van der Waals surface area contributed by atoms with E-state index in [1.807, 2.05) is 6.07 Å². The van der Waals surface area contributed by atoms with Gasteiger partial charge in [-0.05, 0) is 91.3 Å². The van der Waals surface area contributed by atoms with Gasteiger partial charge in [0.2, 0.25) is 11.8 Å². The molecule has 2 fully saturated rings. The molecule has 3 aromatic carbocycles. The fourth-order valence-electron chi connectivity index (χ4n) is 8.09. The number of carbonyl (C=O) groups excluding carboxylic acids is 4. The van der Waals surface area contributed by atoms with Crippen molar-refractivity contribution in [3.63, 3.8) is 0 Å². The maximum Gasteiger partial charge on any atom is 0.407 e. The van der Waals surface area contributed by atoms with Crippen LogP contribution >= 0.6 is 0 Å². The highest BCUT2D eigenvalue weighted by molar-refractivity contribution is 5.85. The van der Waals surface area contributed by atoms with Crippen LogP contribution in [0.4, 0.5) is 9.59 Å². The minimum atomic E-state index is -0.652. The highest BCUT2D eigenvalue weighted by atomic mass is 16.5. The molecule has 1 aliphatic heterocycles. The van der Waals surface area contributed by atoms with Gasteiger partial charge in [0.05, 0.1) is 42.5 Å². The summed E-state index contributed by atoms with van der Waals surface area (Å²) in [6.45, 7) is 8.84. The molecule has 61 heavy (non-hydrogen) atoms. The van der Waals surface area contributed by atoms with Crippen LogP contribution in [0.15, 0.2) is 60.7 Å². The van der Waals surface area contributed by atoms with E-state index in [2.05, 4.69) is 118 Å². The average molecular weight is 833 g/mol. The molecule has 0 unspecified atom stereocenters. The number of ether oxygens (including phenoxy) is 2. The van der Waals surface area contributed by atoms with E-state index < -0.39 is 17.7 Å². The van der Waals surface area contributed by atoms with Crippen LogP contribution in [0, 0.1) is 0 Å². The monoisotopic (exact) mass is 832 g/mol. The third kappa shape index (κ3) is 10.2. The smallest absolute Gasteiger partial charge is 0.407 e. The summed E-state index contributed by atoms with van der Waals surface area (Å²) in [6.07, 6.45) is 8.20. The van der Waals surface area contributed by atoms with Crippen molar-refractivity contribution < 1.29 is 28.7 Å². The Labute approximate surface area is 358 Å². The fourth-order valence-corrected chi connectivity index (χ4v) is 8.09. The molecule has 324 valence electrons. The van der Waals surface area contributed by atoms with E-state index in [1.165, 1.54) is 32.6 Å². The summed E-state index contributed by atoms with van der Waals surface area (Å²) in [5.74, 6) is 1.06. The maximum atomic E-state index is 13.0. The Bertz CT molecular complexity index is 2310. The highest BCUT2D eigenvalue weighted by Crippen LogP contribution is 2.41. The standard InChI is InChI=1S/C41H44N8O6.2C3H8/c1-54-39(52)42-22-34(50)48-41(17-5-18-41)38-45-30-16-14-27(21-32(30)46-38)25-11-9-24(10-12-25)26-13-15-29-28(20-26)6-3-7-31-36(29)47-37(44-31)33-8-4-19-49(33)35(51)23-43-40(53)55-2;2*1-3-2/h9-16,20-21,33H,3-8,17-19,22-23H2,1-2H3,(H,42,52)(H,43,53)(H,44,47)(H,45,46)(H,48,50);2*3H2,1-2H3/t33-;;/m0../s1. The van der Waals surface area contributed by atoms with Crippen LogP contribution in [-0.2, 0) is 37.4 Å². The molecule has 14 nitrogen and oxygen atoms in total. The van der Waals surface area contributed by atoms with E-state index in [0.29, 0.717) is 6.54 Å². The Morgan fingerprint density at radius 1 is 0.754 bits per heavy atom. The molecule has 14 heteroatoms. The van der Waals surface area contributed by atoms with E-state index >= 15 is 0 Å². The van der Waals surface area contributed by atoms with E-state index in [4.69, 9.17) is 9.97 Å². The molecule has 0 bridgehead atoms. The average Bonchev–Trinajstić information content (AvgIpc) is 4.00. The number of aromatic amines is 2. The zero-order valence-electron chi connectivity index (χ0n) is 36.3. The Morgan fingerprint density at radius 2 is 1.38 bits per heavy atom. The number of aryl methyl sites for hydroxylation is 2. The van der Waals surface area contributed by atoms with Gasteiger partial charge in [-0.15, -0.1) is 0 Å². The molecule has 5 N–H and O–H groups in total. The topological polar surface area (TPSA) is 183 Å². The van der Waals surface area contributed by atoms with Crippen LogP contribution in [0.5, 0.6) is 0 Å². The zero-order chi connectivity index (χ0) is 43.5. The summed E-state index contributed by atoms with van der Waals surface area (Å²) in [5.41, 5.74) is 9.92. The number of carbonyl (C=O) groups is 4. The number of aromatic nitrogens is 4. The van der Waals surface area contributed by atoms with Crippen molar-refractivity contribution >= 4 is 35.0 Å². The Morgan fingerprint density at radius 3 is 2.02 bits per heavy atom. The van der Waals surface area contributed by atoms with Crippen molar-refractivity contribution in [3.05, 3.63) is 83.6 Å². The predicted molar refractivity (Wildman–Crippen MR) is 237 cm³/mol. The van der Waals surface area contributed by atoms with Crippen LogP contribution in [0.1, 0.15) is 108 Å². The number of amides is 4. The van der Waals surface area contributed by atoms with E-state index in [-0.39, 0.29) is 30.9 Å². The fraction of sp³-hybridized carbons (Fsp3) is 0.447. The molecule has 8 rings (SSSR count). The summed E-state index contributed by atoms with van der Waals surface area (Å²) in [6, 6.07) is 21.1. The second-order valence-electron chi connectivity index (χ2n) is 15.9. The molecular formula is C47H60N8O6. The van der Waals surface area contributed by atoms with Gasteiger partial charge in [0.1, 0.15) is 24.7 Å². The summed E-state index contributed by atoms with van der Waals surface area (Å²) in [5, 5.41) is 8.00. The highest BCUT2D eigenvalue weighted by Gasteiger charge is 2.43. The molecule has 1 saturated heterocycles. The minimum Gasteiger partial charge on any atom is -0.453 e. The van der Waals surface area contributed by atoms with Crippen molar-refractivity contribution in [3.8, 4) is 33.5 Å². The number of likely N-dealkylation sites (tertiary alicyclic amines) is 1. The lowest BCUT2D eigenvalue weighted by Gasteiger charge is -2.40. The molecule has 4 amide bonds. The lowest BCUT2D eigenvalue weighted by molar-refractivity contribution is -0.131. The van der Waals surface area contributed by atoms with Gasteiger partial charge in [-0.2, -0.15) is 0 Å². The Kier molecular flexibility index (Phi) is 14.8. The first-order chi connectivity index (χ1) is 29.6. The van der Waals surface area contributed by atoms with Gasteiger partial charge < -0.3 is 40.3 Å². The van der Waals surface area contributed by atoms with Crippen LogP contribution < -0.4 is 16.0 Å². The van der Waals surface area contributed by atoms with Crippen molar-refractivity contribution in [2.24, 2.45) is 0 Å². The number of hydrogen-bond donors (Lipinski definition) is 5. The zero-order valence-corrected chi connectivity index (χ0v) is 36.3. The first-order valence-electron chi connectivity index (χ1n) is 21.6. The SMILES string of the molecule is CCC.CCC.COC(=O)NCC(=O)NC1(c2nc3ccc(-c4ccc(-c5ccc6c(c5)CCCc5[nH]c([C@@H]7CCCN7C(=O)CNC(=O)OC)nc5-6)cc4)cc3[nH]2)CCC1. The number of alkyl carbamates (subject to hydrolysis) is 2. The van der Waals surface area contributed by atoms with Crippen LogP contribution in [0.3, 0.4) is 0 Å². The Hall–Kier alpha value is -6.18. The molecule has 1 saturated carbocycles. The molecule has 2 aliphatic carbocycles. The maximum absolute atomic E-state index is 13.0. The number of rotatable bonds is 9. The van der Waals surface area contributed by atoms with Gasteiger partial charge in [-0.3, -0.25) is 9.59 Å². The van der Waals surface area contributed by atoms with E-state index in [0.717, 1.165) is 113 Å². The number of H-pyrrole nitrogens is 2. The van der Waals surface area contributed by atoms with Gasteiger partial charge in [0.15, 0.2) is 0 Å². The van der Waals surface area contributed by atoms with E-state index in [1.54, 1.807) is 4.90 Å². The van der Waals surface area contributed by atoms with E-state index in [9.17, 15) is 19.2 Å². The third-order valence-electron chi connectivity index (χ3n) is 11.1. The predicted octanol–water partition coefficient (Wildman–Crippen LogP) is 8.48. The minimum absolute atomic E-state index is 0.111. The molecule has 3 heterocycles. The first kappa shape index (κ1) is 44.4. The number of imidazole rings is 2. The van der Waals surface area contributed by atoms with Crippen molar-refractivity contribution in [1.29, 1.82) is 0 Å². The van der Waals surface area contributed by atoms with Crippen molar-refractivity contribution in [2.45, 2.75) is 103 Å². The summed E-state index contributed by atoms with van der Waals surface area (Å²) in [4.78, 5) is 67.3. The molecule has 1 atom stereocenters. The quantitative estimate of drug-likeness (QED) is 0.0980.